The van der Waals surface area contributed by atoms with Crippen molar-refractivity contribution in [3.8, 4) is 11.8 Å². The van der Waals surface area contributed by atoms with Gasteiger partial charge in [-0.25, -0.2) is 4.39 Å². The molecule has 1 atom stereocenters. The minimum Gasteiger partial charge on any atom is -0.490 e. The predicted octanol–water partition coefficient (Wildman–Crippen LogP) is 4.65. The van der Waals surface area contributed by atoms with Gasteiger partial charge in [-0.05, 0) is 80.8 Å². The van der Waals surface area contributed by atoms with Crippen LogP contribution in [0.3, 0.4) is 0 Å². The van der Waals surface area contributed by atoms with Gasteiger partial charge >= 0.3 is 0 Å². The van der Waals surface area contributed by atoms with E-state index < -0.39 is 17.6 Å². The van der Waals surface area contributed by atoms with E-state index in [0.29, 0.717) is 66.6 Å². The summed E-state index contributed by atoms with van der Waals surface area (Å²) in [6, 6.07) is 15.9. The van der Waals surface area contributed by atoms with Crippen molar-refractivity contribution >= 4 is 35.1 Å². The molecule has 4 aliphatic rings. The van der Waals surface area contributed by atoms with Crippen molar-refractivity contribution in [3.63, 3.8) is 0 Å². The molecule has 0 spiro atoms. The molecule has 14 heteroatoms. The summed E-state index contributed by atoms with van der Waals surface area (Å²) < 4.78 is 21.8. The standard InChI is InChI=1S/C39H44ClFN8O4/c40-33-22-30(5-2-26(33)23-42)53-29-6-3-28(4-7-29)49-37(50)12-9-32(39(49)52)31-8-1-25(21-34(31)41)24-46-17-19-47(20-18-46)27-13-15-48(16-14-27)36-11-10-35(38(43)51)44-45-36/h1-2,5,8,10-11,21-22,27-29,32H,3-4,6-7,9,12-20,24H2,(H2,43,51). The van der Waals surface area contributed by atoms with Crippen LogP contribution in [0.25, 0.3) is 0 Å². The number of carbonyl (C=O) groups is 3. The maximum Gasteiger partial charge on any atom is 0.269 e. The summed E-state index contributed by atoms with van der Waals surface area (Å²) in [7, 11) is 0. The summed E-state index contributed by atoms with van der Waals surface area (Å²) in [6.45, 7) is 6.01. The molecular weight excluding hydrogens is 699 g/mol. The lowest BCUT2D eigenvalue weighted by Crippen LogP contribution is -2.53. The summed E-state index contributed by atoms with van der Waals surface area (Å²) in [5.41, 5.74) is 7.06. The zero-order valence-electron chi connectivity index (χ0n) is 29.6. The van der Waals surface area contributed by atoms with Gasteiger partial charge in [-0.3, -0.25) is 29.1 Å². The van der Waals surface area contributed by atoms with Crippen molar-refractivity contribution in [3.05, 3.63) is 81.8 Å². The molecule has 1 aliphatic carbocycles. The Morgan fingerprint density at radius 3 is 2.30 bits per heavy atom. The first-order valence-electron chi connectivity index (χ1n) is 18.5. The maximum atomic E-state index is 15.7. The van der Waals surface area contributed by atoms with Crippen molar-refractivity contribution in [2.75, 3.05) is 44.2 Å². The molecule has 0 bridgehead atoms. The number of hydrogen-bond acceptors (Lipinski definition) is 10. The number of piperazine rings is 1. The molecule has 1 aromatic heterocycles. The Morgan fingerprint density at radius 2 is 1.66 bits per heavy atom. The van der Waals surface area contributed by atoms with Crippen LogP contribution in [0, 0.1) is 17.1 Å². The largest absolute Gasteiger partial charge is 0.490 e. The predicted molar refractivity (Wildman–Crippen MR) is 196 cm³/mol. The monoisotopic (exact) mass is 742 g/mol. The fourth-order valence-electron chi connectivity index (χ4n) is 8.33. The number of nitriles is 1. The highest BCUT2D eigenvalue weighted by Crippen LogP contribution is 2.36. The van der Waals surface area contributed by atoms with Gasteiger partial charge in [-0.15, -0.1) is 10.2 Å². The minimum atomic E-state index is -0.687. The first kappa shape index (κ1) is 36.7. The van der Waals surface area contributed by atoms with E-state index in [1.54, 1.807) is 42.5 Å². The van der Waals surface area contributed by atoms with E-state index in [0.717, 1.165) is 63.5 Å². The van der Waals surface area contributed by atoms with Crippen molar-refractivity contribution < 1.29 is 23.5 Å². The average Bonchev–Trinajstić information content (AvgIpc) is 3.16. The molecule has 3 saturated heterocycles. The van der Waals surface area contributed by atoms with Gasteiger partial charge in [0.05, 0.1) is 22.6 Å². The topological polar surface area (TPSA) is 149 Å². The van der Waals surface area contributed by atoms with E-state index in [1.165, 1.54) is 4.90 Å². The van der Waals surface area contributed by atoms with Gasteiger partial charge in [0, 0.05) is 75.9 Å². The Bertz CT molecular complexity index is 1870. The SMILES string of the molecule is N#Cc1ccc(OC2CCC(N3C(=O)CCC(c4ccc(CN5CCN(C6CCN(c7ccc(C(N)=O)nn7)CC6)CC5)cc4F)C3=O)CC2)cc1Cl. The van der Waals surface area contributed by atoms with Crippen molar-refractivity contribution in [1.82, 2.24) is 24.9 Å². The van der Waals surface area contributed by atoms with Crippen LogP contribution in [0.1, 0.15) is 84.5 Å². The van der Waals surface area contributed by atoms with Crippen LogP contribution in [0.4, 0.5) is 10.2 Å². The van der Waals surface area contributed by atoms with Gasteiger partial charge in [0.1, 0.15) is 17.6 Å². The van der Waals surface area contributed by atoms with E-state index in [9.17, 15) is 14.4 Å². The fraction of sp³-hybridized carbons (Fsp3) is 0.487. The number of benzene rings is 2. The molecule has 1 saturated carbocycles. The third-order valence-corrected chi connectivity index (χ3v) is 11.6. The molecule has 1 unspecified atom stereocenters. The van der Waals surface area contributed by atoms with Crippen LogP contribution < -0.4 is 15.4 Å². The lowest BCUT2D eigenvalue weighted by molar-refractivity contribution is -0.153. The molecule has 4 fully saturated rings. The van der Waals surface area contributed by atoms with Gasteiger partial charge in [-0.2, -0.15) is 5.26 Å². The Labute approximate surface area is 313 Å². The summed E-state index contributed by atoms with van der Waals surface area (Å²) in [4.78, 5) is 46.6. The third kappa shape index (κ3) is 8.30. The highest BCUT2D eigenvalue weighted by atomic mass is 35.5. The lowest BCUT2D eigenvalue weighted by atomic mass is 9.85. The van der Waals surface area contributed by atoms with Crippen molar-refractivity contribution in [2.24, 2.45) is 5.73 Å². The zero-order valence-corrected chi connectivity index (χ0v) is 30.4. The van der Waals surface area contributed by atoms with Crippen LogP contribution >= 0.6 is 11.6 Å². The van der Waals surface area contributed by atoms with E-state index in [4.69, 9.17) is 27.3 Å². The molecule has 3 amide bonds. The molecule has 2 aromatic carbocycles. The van der Waals surface area contributed by atoms with Crippen molar-refractivity contribution in [1.29, 1.82) is 5.26 Å². The molecule has 4 heterocycles. The fourth-order valence-corrected chi connectivity index (χ4v) is 8.54. The molecule has 2 N–H and O–H groups in total. The molecule has 278 valence electrons. The first-order chi connectivity index (χ1) is 25.7. The minimum absolute atomic E-state index is 0.0929. The number of aromatic nitrogens is 2. The molecule has 12 nitrogen and oxygen atoms in total. The molecular formula is C39H44ClFN8O4. The number of ether oxygens (including phenoxy) is 1. The van der Waals surface area contributed by atoms with E-state index in [-0.39, 0.29) is 36.1 Å². The van der Waals surface area contributed by atoms with Crippen LogP contribution in [-0.2, 0) is 16.1 Å². The second kappa shape index (κ2) is 16.2. The third-order valence-electron chi connectivity index (χ3n) is 11.3. The normalized spacial score (nSPS) is 23.5. The first-order valence-corrected chi connectivity index (χ1v) is 18.9. The number of imide groups is 1. The molecule has 3 aliphatic heterocycles. The van der Waals surface area contributed by atoms with E-state index in [2.05, 4.69) is 24.9 Å². The number of likely N-dealkylation sites (tertiary alicyclic amines) is 1. The van der Waals surface area contributed by atoms with Gasteiger partial charge in [0.2, 0.25) is 11.8 Å². The number of anilines is 1. The van der Waals surface area contributed by atoms with Gasteiger partial charge in [-0.1, -0.05) is 23.7 Å². The number of piperidine rings is 2. The second-order valence-electron chi connectivity index (χ2n) is 14.5. The molecule has 0 radical (unpaired) electrons. The summed E-state index contributed by atoms with van der Waals surface area (Å²) in [5.74, 6) is -0.833. The number of nitrogens with zero attached hydrogens (tertiary/aromatic N) is 7. The summed E-state index contributed by atoms with van der Waals surface area (Å²) in [5, 5.41) is 17.6. The lowest BCUT2D eigenvalue weighted by Gasteiger charge is -2.43. The quantitative estimate of drug-likeness (QED) is 0.307. The van der Waals surface area contributed by atoms with Crippen LogP contribution in [0.2, 0.25) is 5.02 Å². The van der Waals surface area contributed by atoms with E-state index in [1.807, 2.05) is 12.1 Å². The zero-order chi connectivity index (χ0) is 37.1. The molecule has 7 rings (SSSR count). The number of primary amides is 1. The Balaban J connectivity index is 0.881. The van der Waals surface area contributed by atoms with Crippen LogP contribution in [0.5, 0.6) is 5.75 Å². The Kier molecular flexibility index (Phi) is 11.2. The highest BCUT2D eigenvalue weighted by Gasteiger charge is 2.41. The summed E-state index contributed by atoms with van der Waals surface area (Å²) >= 11 is 6.16. The Morgan fingerprint density at radius 1 is 0.906 bits per heavy atom. The van der Waals surface area contributed by atoms with Crippen LogP contribution in [0.15, 0.2) is 48.5 Å². The average molecular weight is 743 g/mol. The number of hydrogen-bond donors (Lipinski definition) is 1. The second-order valence-corrected chi connectivity index (χ2v) is 14.9. The van der Waals surface area contributed by atoms with Gasteiger partial charge in [0.25, 0.3) is 5.91 Å². The highest BCUT2D eigenvalue weighted by molar-refractivity contribution is 6.31. The number of halogens is 2. The number of amides is 3. The van der Waals surface area contributed by atoms with Gasteiger partial charge in [0.15, 0.2) is 11.5 Å². The number of carbonyl (C=O) groups excluding carboxylic acids is 3. The smallest absolute Gasteiger partial charge is 0.269 e. The number of rotatable bonds is 9. The van der Waals surface area contributed by atoms with Crippen LogP contribution in [-0.4, -0.2) is 100 Å². The summed E-state index contributed by atoms with van der Waals surface area (Å²) in [6.07, 6.45) is 4.98. The van der Waals surface area contributed by atoms with Crippen molar-refractivity contribution in [2.45, 2.75) is 82.0 Å². The molecule has 3 aromatic rings. The maximum absolute atomic E-state index is 15.7. The van der Waals surface area contributed by atoms with E-state index >= 15 is 4.39 Å². The Hall–Kier alpha value is -4.64. The number of nitrogens with two attached hydrogens (primary N) is 1. The van der Waals surface area contributed by atoms with Gasteiger partial charge < -0.3 is 15.4 Å². The molecule has 53 heavy (non-hydrogen) atoms.